The molecule has 0 aliphatic carbocycles. The van der Waals surface area contributed by atoms with Crippen LogP contribution in [0.5, 0.6) is 0 Å². The molecule has 0 aliphatic rings. The van der Waals surface area contributed by atoms with E-state index in [2.05, 4.69) is 10.3 Å². The van der Waals surface area contributed by atoms with Crippen molar-refractivity contribution >= 4 is 23.0 Å². The molecule has 82 valence electrons. The van der Waals surface area contributed by atoms with Crippen molar-refractivity contribution in [2.45, 2.75) is 6.04 Å². The average molecular weight is 234 g/mol. The van der Waals surface area contributed by atoms with E-state index in [1.807, 2.05) is 30.3 Å². The highest BCUT2D eigenvalue weighted by atomic mass is 32.1. The maximum atomic E-state index is 11.1. The molecule has 2 rings (SSSR count). The third kappa shape index (κ3) is 2.38. The van der Waals surface area contributed by atoms with Crippen LogP contribution in [0.15, 0.2) is 41.2 Å². The summed E-state index contributed by atoms with van der Waals surface area (Å²) in [6, 6.07) is 8.42. The minimum absolute atomic E-state index is 0.529. The number of carboxylic acids is 1. The number of thiazole rings is 1. The standard InChI is InChI=1S/C11H10N2O2S/c14-11(15)10(9-6-16-7-12-9)13-8-4-2-1-3-5-8/h1-7,10,13H,(H,14,15). The van der Waals surface area contributed by atoms with E-state index in [1.165, 1.54) is 11.3 Å². The number of rotatable bonds is 4. The molecule has 0 amide bonds. The maximum Gasteiger partial charge on any atom is 0.332 e. The second-order valence-corrected chi connectivity index (χ2v) is 3.91. The molecule has 1 unspecified atom stereocenters. The highest BCUT2D eigenvalue weighted by molar-refractivity contribution is 7.07. The minimum Gasteiger partial charge on any atom is -0.479 e. The van der Waals surface area contributed by atoms with Gasteiger partial charge in [0.25, 0.3) is 0 Å². The molecule has 5 heteroatoms. The van der Waals surface area contributed by atoms with Gasteiger partial charge in [-0.25, -0.2) is 9.78 Å². The molecule has 0 aliphatic heterocycles. The average Bonchev–Trinajstić information content (AvgIpc) is 2.80. The van der Waals surface area contributed by atoms with Gasteiger partial charge in [0.2, 0.25) is 0 Å². The summed E-state index contributed by atoms with van der Waals surface area (Å²) < 4.78 is 0. The Kier molecular flexibility index (Phi) is 3.16. The lowest BCUT2D eigenvalue weighted by molar-refractivity contribution is -0.138. The van der Waals surface area contributed by atoms with Crippen LogP contribution in [0, 0.1) is 0 Å². The first-order valence-corrected chi connectivity index (χ1v) is 5.64. The highest BCUT2D eigenvalue weighted by Gasteiger charge is 2.21. The number of nitrogens with one attached hydrogen (secondary N) is 1. The van der Waals surface area contributed by atoms with E-state index in [-0.39, 0.29) is 0 Å². The summed E-state index contributed by atoms with van der Waals surface area (Å²) in [5.41, 5.74) is 2.92. The molecule has 0 saturated carbocycles. The minimum atomic E-state index is -0.935. The molecule has 2 N–H and O–H groups in total. The summed E-state index contributed by atoms with van der Waals surface area (Å²) >= 11 is 1.38. The fourth-order valence-electron chi connectivity index (χ4n) is 1.33. The van der Waals surface area contributed by atoms with Crippen molar-refractivity contribution in [3.63, 3.8) is 0 Å². The number of hydrogen-bond donors (Lipinski definition) is 2. The van der Waals surface area contributed by atoms with Gasteiger partial charge in [-0.1, -0.05) is 18.2 Å². The lowest BCUT2D eigenvalue weighted by Gasteiger charge is -2.13. The van der Waals surface area contributed by atoms with Crippen LogP contribution >= 0.6 is 11.3 Å². The van der Waals surface area contributed by atoms with Gasteiger partial charge in [0.1, 0.15) is 0 Å². The molecule has 0 saturated heterocycles. The summed E-state index contributed by atoms with van der Waals surface area (Å²) in [6.45, 7) is 0. The summed E-state index contributed by atoms with van der Waals surface area (Å²) in [5.74, 6) is -0.935. The van der Waals surface area contributed by atoms with E-state index in [1.54, 1.807) is 10.9 Å². The fourth-order valence-corrected chi connectivity index (χ4v) is 1.91. The van der Waals surface area contributed by atoms with Gasteiger partial charge in [-0.15, -0.1) is 11.3 Å². The molecular formula is C11H10N2O2S. The van der Waals surface area contributed by atoms with Crippen LogP contribution < -0.4 is 5.32 Å². The predicted molar refractivity (Wildman–Crippen MR) is 62.6 cm³/mol. The van der Waals surface area contributed by atoms with Crippen LogP contribution in [0.2, 0.25) is 0 Å². The summed E-state index contributed by atoms with van der Waals surface area (Å²) in [7, 11) is 0. The lowest BCUT2D eigenvalue weighted by atomic mass is 10.2. The smallest absolute Gasteiger partial charge is 0.332 e. The lowest BCUT2D eigenvalue weighted by Crippen LogP contribution is -2.20. The second-order valence-electron chi connectivity index (χ2n) is 3.19. The zero-order valence-corrected chi connectivity index (χ0v) is 9.15. The first kappa shape index (κ1) is 10.6. The molecule has 1 aromatic carbocycles. The van der Waals surface area contributed by atoms with Gasteiger partial charge in [0.05, 0.1) is 11.2 Å². The van der Waals surface area contributed by atoms with E-state index in [4.69, 9.17) is 5.11 Å². The number of aliphatic carboxylic acids is 1. The van der Waals surface area contributed by atoms with E-state index in [0.29, 0.717) is 5.69 Å². The van der Waals surface area contributed by atoms with Gasteiger partial charge in [-0.05, 0) is 12.1 Å². The normalized spacial score (nSPS) is 12.0. The van der Waals surface area contributed by atoms with Crippen molar-refractivity contribution < 1.29 is 9.90 Å². The molecule has 0 bridgehead atoms. The Balaban J connectivity index is 2.19. The summed E-state index contributed by atoms with van der Waals surface area (Å²) in [6.07, 6.45) is 0. The molecule has 1 aromatic heterocycles. The Morgan fingerprint density at radius 1 is 1.38 bits per heavy atom. The fraction of sp³-hybridized carbons (Fsp3) is 0.0909. The van der Waals surface area contributed by atoms with Crippen LogP contribution in [-0.2, 0) is 4.79 Å². The van der Waals surface area contributed by atoms with E-state index in [9.17, 15) is 4.79 Å². The van der Waals surface area contributed by atoms with Crippen LogP contribution in [0.3, 0.4) is 0 Å². The van der Waals surface area contributed by atoms with Crippen molar-refractivity contribution in [1.82, 2.24) is 4.98 Å². The van der Waals surface area contributed by atoms with E-state index < -0.39 is 12.0 Å². The molecule has 4 nitrogen and oxygen atoms in total. The molecular weight excluding hydrogens is 224 g/mol. The van der Waals surface area contributed by atoms with Crippen LogP contribution in [-0.4, -0.2) is 16.1 Å². The topological polar surface area (TPSA) is 62.2 Å². The van der Waals surface area contributed by atoms with Crippen molar-refractivity contribution in [2.75, 3.05) is 5.32 Å². The first-order valence-electron chi connectivity index (χ1n) is 4.70. The number of anilines is 1. The SMILES string of the molecule is O=C(O)C(Nc1ccccc1)c1cscn1. The molecule has 1 heterocycles. The Morgan fingerprint density at radius 3 is 2.69 bits per heavy atom. The first-order chi connectivity index (χ1) is 7.77. The quantitative estimate of drug-likeness (QED) is 0.852. The number of carboxylic acid groups (broad SMARTS) is 1. The van der Waals surface area contributed by atoms with Gasteiger partial charge in [0.15, 0.2) is 6.04 Å². The molecule has 2 aromatic rings. The zero-order valence-electron chi connectivity index (χ0n) is 8.33. The largest absolute Gasteiger partial charge is 0.479 e. The van der Waals surface area contributed by atoms with Crippen LogP contribution in [0.4, 0.5) is 5.69 Å². The number of nitrogens with zero attached hydrogens (tertiary/aromatic N) is 1. The van der Waals surface area contributed by atoms with Crippen molar-refractivity contribution in [1.29, 1.82) is 0 Å². The Hall–Kier alpha value is -1.88. The monoisotopic (exact) mass is 234 g/mol. The predicted octanol–water partition coefficient (Wildman–Crippen LogP) is 2.38. The highest BCUT2D eigenvalue weighted by Crippen LogP contribution is 2.19. The second kappa shape index (κ2) is 4.76. The van der Waals surface area contributed by atoms with Gasteiger partial charge in [-0.3, -0.25) is 0 Å². The Labute approximate surface area is 96.6 Å². The van der Waals surface area contributed by atoms with E-state index in [0.717, 1.165) is 5.69 Å². The number of para-hydroxylation sites is 1. The Bertz CT molecular complexity index is 456. The number of hydrogen-bond acceptors (Lipinski definition) is 4. The van der Waals surface area contributed by atoms with Crippen LogP contribution in [0.25, 0.3) is 0 Å². The van der Waals surface area contributed by atoms with Crippen LogP contribution in [0.1, 0.15) is 11.7 Å². The molecule has 0 spiro atoms. The molecule has 16 heavy (non-hydrogen) atoms. The van der Waals surface area contributed by atoms with Crippen molar-refractivity contribution in [3.05, 3.63) is 46.9 Å². The molecule has 0 fully saturated rings. The zero-order chi connectivity index (χ0) is 11.4. The van der Waals surface area contributed by atoms with Gasteiger partial charge in [0, 0.05) is 11.1 Å². The number of carbonyl (C=O) groups is 1. The van der Waals surface area contributed by atoms with Gasteiger partial charge >= 0.3 is 5.97 Å². The van der Waals surface area contributed by atoms with Gasteiger partial charge < -0.3 is 10.4 Å². The maximum absolute atomic E-state index is 11.1. The summed E-state index contributed by atoms with van der Waals surface area (Å²) in [4.78, 5) is 15.1. The van der Waals surface area contributed by atoms with Gasteiger partial charge in [-0.2, -0.15) is 0 Å². The molecule has 1 atom stereocenters. The van der Waals surface area contributed by atoms with E-state index >= 15 is 0 Å². The van der Waals surface area contributed by atoms with Crippen molar-refractivity contribution in [3.8, 4) is 0 Å². The third-order valence-electron chi connectivity index (χ3n) is 2.08. The number of benzene rings is 1. The summed E-state index contributed by atoms with van der Waals surface area (Å²) in [5, 5.41) is 13.8. The third-order valence-corrected chi connectivity index (χ3v) is 2.68. The van der Waals surface area contributed by atoms with Crippen molar-refractivity contribution in [2.24, 2.45) is 0 Å². The number of aromatic nitrogens is 1. The Morgan fingerprint density at radius 2 is 2.12 bits per heavy atom. The molecule has 0 radical (unpaired) electrons.